The Bertz CT molecular complexity index is 1060. The van der Waals surface area contributed by atoms with Crippen LogP contribution >= 0.6 is 11.6 Å². The number of nitrogens with one attached hydrogen (secondary N) is 2. The normalized spacial score (nSPS) is 12.8. The number of fused-ring (bicyclic) bond motifs is 2. The van der Waals surface area contributed by atoms with Crippen molar-refractivity contribution in [1.29, 1.82) is 0 Å². The van der Waals surface area contributed by atoms with Crippen molar-refractivity contribution < 1.29 is 14.3 Å². The first-order valence-corrected chi connectivity index (χ1v) is 8.48. The van der Waals surface area contributed by atoms with Crippen LogP contribution in [-0.2, 0) is 6.54 Å². The topological polar surface area (TPSA) is 80.4 Å². The summed E-state index contributed by atoms with van der Waals surface area (Å²) in [6.07, 6.45) is 0. The van der Waals surface area contributed by atoms with Crippen molar-refractivity contribution in [2.45, 2.75) is 6.54 Å². The lowest BCUT2D eigenvalue weighted by atomic mass is 10.1. The van der Waals surface area contributed by atoms with Crippen LogP contribution in [0.5, 0.6) is 11.5 Å². The van der Waals surface area contributed by atoms with Gasteiger partial charge in [-0.3, -0.25) is 9.59 Å². The van der Waals surface area contributed by atoms with Gasteiger partial charge in [-0.2, -0.15) is 0 Å². The van der Waals surface area contributed by atoms with Crippen LogP contribution in [0.4, 0.5) is 0 Å². The summed E-state index contributed by atoms with van der Waals surface area (Å²) in [6, 6.07) is 12.1. The van der Waals surface area contributed by atoms with Crippen molar-refractivity contribution in [3.63, 3.8) is 0 Å². The minimum Gasteiger partial charge on any atom is -0.486 e. The summed E-state index contributed by atoms with van der Waals surface area (Å²) in [7, 11) is 0. The Labute approximate surface area is 153 Å². The van der Waals surface area contributed by atoms with Gasteiger partial charge in [-0.25, -0.2) is 0 Å². The molecule has 0 bridgehead atoms. The SMILES string of the molecule is O=C(NCc1cc2cc3c(cc2[nH]c1=O)OCCO3)c1ccccc1Cl. The summed E-state index contributed by atoms with van der Waals surface area (Å²) in [5.41, 5.74) is 1.19. The Kier molecular flexibility index (Phi) is 4.26. The molecule has 0 spiro atoms. The highest BCUT2D eigenvalue weighted by Crippen LogP contribution is 2.33. The smallest absolute Gasteiger partial charge is 0.253 e. The van der Waals surface area contributed by atoms with Crippen LogP contribution in [0.1, 0.15) is 15.9 Å². The van der Waals surface area contributed by atoms with E-state index in [-0.39, 0.29) is 18.0 Å². The molecule has 2 aromatic carbocycles. The van der Waals surface area contributed by atoms with Crippen molar-refractivity contribution in [2.75, 3.05) is 13.2 Å². The predicted molar refractivity (Wildman–Crippen MR) is 98.2 cm³/mol. The molecule has 1 aliphatic rings. The van der Waals surface area contributed by atoms with Gasteiger partial charge in [0.2, 0.25) is 0 Å². The molecule has 0 unspecified atom stereocenters. The Balaban J connectivity index is 1.60. The summed E-state index contributed by atoms with van der Waals surface area (Å²) in [5.74, 6) is 0.915. The highest BCUT2D eigenvalue weighted by Gasteiger charge is 2.15. The van der Waals surface area contributed by atoms with E-state index < -0.39 is 0 Å². The standard InChI is InChI=1S/C19H15ClN2O4/c20-14-4-2-1-3-13(14)19(24)21-10-12-7-11-8-16-17(26-6-5-25-16)9-15(11)22-18(12)23/h1-4,7-9H,5-6,10H2,(H,21,24)(H,22,23). The molecule has 26 heavy (non-hydrogen) atoms. The number of rotatable bonds is 3. The monoisotopic (exact) mass is 370 g/mol. The lowest BCUT2D eigenvalue weighted by Gasteiger charge is -2.18. The molecule has 2 heterocycles. The van der Waals surface area contributed by atoms with Gasteiger partial charge in [0, 0.05) is 23.6 Å². The zero-order chi connectivity index (χ0) is 18.1. The second-order valence-electron chi connectivity index (χ2n) is 5.87. The number of pyridine rings is 1. The summed E-state index contributed by atoms with van der Waals surface area (Å²) >= 11 is 6.02. The number of benzene rings is 2. The number of carbonyl (C=O) groups is 1. The number of amides is 1. The summed E-state index contributed by atoms with van der Waals surface area (Å²) in [6.45, 7) is 1.06. The fourth-order valence-corrected chi connectivity index (χ4v) is 3.06. The minimum absolute atomic E-state index is 0.0871. The molecule has 0 atom stereocenters. The molecule has 1 aromatic heterocycles. The third-order valence-electron chi connectivity index (χ3n) is 4.14. The Morgan fingerprint density at radius 3 is 2.62 bits per heavy atom. The third-order valence-corrected chi connectivity index (χ3v) is 4.47. The maximum atomic E-state index is 12.3. The van der Waals surface area contributed by atoms with Gasteiger partial charge in [-0.1, -0.05) is 23.7 Å². The summed E-state index contributed by atoms with van der Waals surface area (Å²) < 4.78 is 11.1. The number of halogens is 1. The fourth-order valence-electron chi connectivity index (χ4n) is 2.84. The average molecular weight is 371 g/mol. The average Bonchev–Trinajstić information content (AvgIpc) is 2.65. The van der Waals surface area contributed by atoms with Crippen molar-refractivity contribution in [3.05, 3.63) is 69.0 Å². The Morgan fingerprint density at radius 1 is 1.12 bits per heavy atom. The number of aromatic amines is 1. The molecule has 1 amide bonds. The van der Waals surface area contributed by atoms with Crippen LogP contribution in [0.15, 0.2) is 47.3 Å². The first kappa shape index (κ1) is 16.5. The molecule has 0 saturated carbocycles. The molecule has 0 radical (unpaired) electrons. The van der Waals surface area contributed by atoms with Gasteiger partial charge in [-0.15, -0.1) is 0 Å². The van der Waals surface area contributed by atoms with Gasteiger partial charge >= 0.3 is 0 Å². The molecule has 6 nitrogen and oxygen atoms in total. The molecular weight excluding hydrogens is 356 g/mol. The summed E-state index contributed by atoms with van der Waals surface area (Å²) in [4.78, 5) is 27.4. The van der Waals surface area contributed by atoms with Crippen LogP contribution in [0.25, 0.3) is 10.9 Å². The lowest BCUT2D eigenvalue weighted by molar-refractivity contribution is 0.0951. The molecule has 0 saturated heterocycles. The van der Waals surface area contributed by atoms with Gasteiger partial charge in [0.05, 0.1) is 16.1 Å². The van der Waals surface area contributed by atoms with Crippen LogP contribution < -0.4 is 20.3 Å². The summed E-state index contributed by atoms with van der Waals surface area (Å²) in [5, 5.41) is 3.89. The quantitative estimate of drug-likeness (QED) is 0.743. The number of ether oxygens (including phenoxy) is 2. The maximum absolute atomic E-state index is 12.3. The van der Waals surface area contributed by atoms with Crippen molar-refractivity contribution in [1.82, 2.24) is 10.3 Å². The molecule has 3 aromatic rings. The first-order valence-electron chi connectivity index (χ1n) is 8.10. The zero-order valence-corrected chi connectivity index (χ0v) is 14.4. The Morgan fingerprint density at radius 2 is 1.85 bits per heavy atom. The van der Waals surface area contributed by atoms with E-state index in [0.29, 0.717) is 46.4 Å². The molecular formula is C19H15ClN2O4. The van der Waals surface area contributed by atoms with E-state index in [1.165, 1.54) is 0 Å². The predicted octanol–water partition coefficient (Wildman–Crippen LogP) is 2.88. The highest BCUT2D eigenvalue weighted by atomic mass is 35.5. The van der Waals surface area contributed by atoms with E-state index in [2.05, 4.69) is 10.3 Å². The van der Waals surface area contributed by atoms with Crippen molar-refractivity contribution in [3.8, 4) is 11.5 Å². The van der Waals surface area contributed by atoms with Crippen molar-refractivity contribution in [2.24, 2.45) is 0 Å². The van der Waals surface area contributed by atoms with Crippen LogP contribution in [0, 0.1) is 0 Å². The largest absolute Gasteiger partial charge is 0.486 e. The first-order chi connectivity index (χ1) is 12.6. The highest BCUT2D eigenvalue weighted by molar-refractivity contribution is 6.33. The van der Waals surface area contributed by atoms with E-state index in [0.717, 1.165) is 5.39 Å². The maximum Gasteiger partial charge on any atom is 0.253 e. The zero-order valence-electron chi connectivity index (χ0n) is 13.7. The van der Waals surface area contributed by atoms with Crippen LogP contribution in [-0.4, -0.2) is 24.1 Å². The van der Waals surface area contributed by atoms with E-state index in [9.17, 15) is 9.59 Å². The molecule has 0 fully saturated rings. The number of H-pyrrole nitrogens is 1. The van der Waals surface area contributed by atoms with Crippen molar-refractivity contribution >= 4 is 28.4 Å². The van der Waals surface area contributed by atoms with E-state index in [4.69, 9.17) is 21.1 Å². The molecule has 0 aliphatic carbocycles. The van der Waals surface area contributed by atoms with Gasteiger partial charge in [0.15, 0.2) is 11.5 Å². The number of carbonyl (C=O) groups excluding carboxylic acids is 1. The number of hydrogen-bond acceptors (Lipinski definition) is 4. The molecule has 7 heteroatoms. The molecule has 4 rings (SSSR count). The lowest BCUT2D eigenvalue weighted by Crippen LogP contribution is -2.27. The minimum atomic E-state index is -0.336. The van der Waals surface area contributed by atoms with E-state index in [1.807, 2.05) is 6.07 Å². The molecule has 1 aliphatic heterocycles. The van der Waals surface area contributed by atoms with Gasteiger partial charge < -0.3 is 19.8 Å². The third kappa shape index (κ3) is 3.11. The van der Waals surface area contributed by atoms with E-state index in [1.54, 1.807) is 36.4 Å². The van der Waals surface area contributed by atoms with E-state index >= 15 is 0 Å². The van der Waals surface area contributed by atoms with Crippen LogP contribution in [0.2, 0.25) is 5.02 Å². The van der Waals surface area contributed by atoms with Gasteiger partial charge in [0.1, 0.15) is 13.2 Å². The molecule has 132 valence electrons. The second-order valence-corrected chi connectivity index (χ2v) is 6.28. The fraction of sp³-hybridized carbons (Fsp3) is 0.158. The number of aromatic nitrogens is 1. The van der Waals surface area contributed by atoms with Gasteiger partial charge in [-0.05, 0) is 24.3 Å². The Hall–Kier alpha value is -2.99. The molecule has 2 N–H and O–H groups in total. The number of hydrogen-bond donors (Lipinski definition) is 2. The van der Waals surface area contributed by atoms with Gasteiger partial charge in [0.25, 0.3) is 11.5 Å². The second kappa shape index (κ2) is 6.72. The van der Waals surface area contributed by atoms with Crippen LogP contribution in [0.3, 0.4) is 0 Å².